The largest absolute Gasteiger partial charge is 0.481 e. The monoisotopic (exact) mass is 237 g/mol. The molecule has 17 heavy (non-hydrogen) atoms. The van der Waals surface area contributed by atoms with Crippen molar-refractivity contribution in [2.75, 3.05) is 13.1 Å². The van der Waals surface area contributed by atoms with Gasteiger partial charge >= 0.3 is 5.97 Å². The van der Waals surface area contributed by atoms with Crippen LogP contribution >= 0.6 is 0 Å². The predicted octanol–water partition coefficient (Wildman–Crippen LogP) is 1.11. The predicted molar refractivity (Wildman–Crippen MR) is 63.5 cm³/mol. The van der Waals surface area contributed by atoms with E-state index in [1.165, 1.54) is 0 Å². The summed E-state index contributed by atoms with van der Waals surface area (Å²) in [6.45, 7) is 2.82. The highest BCUT2D eigenvalue weighted by molar-refractivity contribution is 5.67. The van der Waals surface area contributed by atoms with E-state index in [1.807, 2.05) is 24.0 Å². The molecule has 0 saturated carbocycles. The Hall–Kier alpha value is -1.36. The normalized spacial score (nSPS) is 18.4. The number of carbonyl (C=O) groups is 1. The Morgan fingerprint density at radius 1 is 1.53 bits per heavy atom. The van der Waals surface area contributed by atoms with E-state index < -0.39 is 5.97 Å². The number of rotatable bonds is 4. The molecular formula is C12H19N3O2. The Morgan fingerprint density at radius 2 is 2.24 bits per heavy atom. The Bertz CT molecular complexity index is 381. The number of carboxylic acid groups (broad SMARTS) is 1. The minimum absolute atomic E-state index is 0.316. The van der Waals surface area contributed by atoms with E-state index >= 15 is 0 Å². The van der Waals surface area contributed by atoms with Crippen LogP contribution in [0.15, 0.2) is 12.4 Å². The lowest BCUT2D eigenvalue weighted by Crippen LogP contribution is -2.34. The van der Waals surface area contributed by atoms with Gasteiger partial charge in [-0.3, -0.25) is 9.69 Å². The summed E-state index contributed by atoms with van der Waals surface area (Å²) < 4.78 is 2.03. The molecule has 1 N–H and O–H groups in total. The minimum Gasteiger partial charge on any atom is -0.481 e. The number of nitrogens with zero attached hydrogens (tertiary/aromatic N) is 3. The third-order valence-electron chi connectivity index (χ3n) is 3.46. The van der Waals surface area contributed by atoms with Gasteiger partial charge in [0, 0.05) is 25.9 Å². The van der Waals surface area contributed by atoms with E-state index in [-0.39, 0.29) is 0 Å². The Labute approximate surface area is 101 Å². The summed E-state index contributed by atoms with van der Waals surface area (Å²) in [7, 11) is 2.00. The van der Waals surface area contributed by atoms with Crippen LogP contribution in [-0.2, 0) is 18.4 Å². The summed E-state index contributed by atoms with van der Waals surface area (Å²) in [5.74, 6) is 0.749. The van der Waals surface area contributed by atoms with E-state index in [0.717, 1.165) is 38.3 Å². The Kier molecular flexibility index (Phi) is 3.78. The van der Waals surface area contributed by atoms with Gasteiger partial charge in [0.1, 0.15) is 5.82 Å². The number of aryl methyl sites for hydroxylation is 1. The fraction of sp³-hybridized carbons (Fsp3) is 0.667. The van der Waals surface area contributed by atoms with Crippen molar-refractivity contribution in [3.63, 3.8) is 0 Å². The first-order valence-corrected chi connectivity index (χ1v) is 6.05. The van der Waals surface area contributed by atoms with Crippen molar-refractivity contribution in [1.82, 2.24) is 14.5 Å². The first-order valence-electron chi connectivity index (χ1n) is 6.05. The lowest BCUT2D eigenvalue weighted by atomic mass is 9.94. The van der Waals surface area contributed by atoms with E-state index in [0.29, 0.717) is 12.3 Å². The number of carboxylic acids is 1. The first-order chi connectivity index (χ1) is 8.15. The zero-order valence-electron chi connectivity index (χ0n) is 10.2. The maximum absolute atomic E-state index is 10.6. The van der Waals surface area contributed by atoms with E-state index in [1.54, 1.807) is 0 Å². The number of likely N-dealkylation sites (tertiary alicyclic amines) is 1. The molecule has 0 amide bonds. The molecule has 5 heteroatoms. The van der Waals surface area contributed by atoms with Crippen molar-refractivity contribution in [3.8, 4) is 0 Å². The highest BCUT2D eigenvalue weighted by Gasteiger charge is 2.21. The van der Waals surface area contributed by atoms with Crippen LogP contribution in [0.5, 0.6) is 0 Å². The van der Waals surface area contributed by atoms with Crippen LogP contribution in [0.2, 0.25) is 0 Å². The third kappa shape index (κ3) is 3.30. The molecule has 94 valence electrons. The van der Waals surface area contributed by atoms with Crippen LogP contribution in [0.25, 0.3) is 0 Å². The van der Waals surface area contributed by atoms with Gasteiger partial charge < -0.3 is 9.67 Å². The summed E-state index contributed by atoms with van der Waals surface area (Å²) in [4.78, 5) is 17.3. The van der Waals surface area contributed by atoms with Crippen molar-refractivity contribution in [2.45, 2.75) is 25.8 Å². The van der Waals surface area contributed by atoms with Gasteiger partial charge in [-0.1, -0.05) is 0 Å². The number of hydrogen-bond acceptors (Lipinski definition) is 3. The molecule has 0 unspecified atom stereocenters. The minimum atomic E-state index is -0.674. The maximum atomic E-state index is 10.6. The van der Waals surface area contributed by atoms with Gasteiger partial charge in [-0.25, -0.2) is 4.98 Å². The SMILES string of the molecule is Cn1ccnc1CN1CCC(CC(=O)O)CC1. The van der Waals surface area contributed by atoms with Crippen molar-refractivity contribution >= 4 is 5.97 Å². The average Bonchev–Trinajstić information content (AvgIpc) is 2.67. The van der Waals surface area contributed by atoms with Crippen molar-refractivity contribution in [1.29, 1.82) is 0 Å². The second kappa shape index (κ2) is 5.31. The molecule has 5 nitrogen and oxygen atoms in total. The molecule has 1 aromatic rings. The van der Waals surface area contributed by atoms with Gasteiger partial charge in [-0.15, -0.1) is 0 Å². The number of hydrogen-bond donors (Lipinski definition) is 1. The van der Waals surface area contributed by atoms with Crippen LogP contribution in [0.3, 0.4) is 0 Å². The number of piperidine rings is 1. The standard InChI is InChI=1S/C12H19N3O2/c1-14-7-4-13-11(14)9-15-5-2-10(3-6-15)8-12(16)17/h4,7,10H,2-3,5-6,8-9H2,1H3,(H,16,17). The van der Waals surface area contributed by atoms with Crippen molar-refractivity contribution < 1.29 is 9.90 Å². The smallest absolute Gasteiger partial charge is 0.303 e. The zero-order chi connectivity index (χ0) is 12.3. The van der Waals surface area contributed by atoms with E-state index in [9.17, 15) is 4.79 Å². The number of aromatic nitrogens is 2. The summed E-state index contributed by atoms with van der Waals surface area (Å²) in [5.41, 5.74) is 0. The van der Waals surface area contributed by atoms with Crippen LogP contribution in [0.1, 0.15) is 25.1 Å². The van der Waals surface area contributed by atoms with E-state index in [4.69, 9.17) is 5.11 Å². The average molecular weight is 237 g/mol. The molecule has 2 rings (SSSR count). The fourth-order valence-corrected chi connectivity index (χ4v) is 2.34. The van der Waals surface area contributed by atoms with Gasteiger partial charge in [0.2, 0.25) is 0 Å². The highest BCUT2D eigenvalue weighted by Crippen LogP contribution is 2.21. The molecular weight excluding hydrogens is 218 g/mol. The topological polar surface area (TPSA) is 58.4 Å². The van der Waals surface area contributed by atoms with Crippen LogP contribution in [-0.4, -0.2) is 38.6 Å². The summed E-state index contributed by atoms with van der Waals surface area (Å²) in [6.07, 6.45) is 6.04. The molecule has 1 fully saturated rings. The molecule has 0 radical (unpaired) electrons. The summed E-state index contributed by atoms with van der Waals surface area (Å²) >= 11 is 0. The quantitative estimate of drug-likeness (QED) is 0.852. The molecule has 0 bridgehead atoms. The molecule has 0 atom stereocenters. The fourth-order valence-electron chi connectivity index (χ4n) is 2.34. The Morgan fingerprint density at radius 3 is 2.76 bits per heavy atom. The second-order valence-electron chi connectivity index (χ2n) is 4.77. The molecule has 0 spiro atoms. The molecule has 1 aromatic heterocycles. The molecule has 1 aliphatic heterocycles. The van der Waals surface area contributed by atoms with Gasteiger partial charge in [-0.05, 0) is 31.8 Å². The first kappa shape index (κ1) is 12.1. The number of aliphatic carboxylic acids is 1. The van der Waals surface area contributed by atoms with Crippen LogP contribution in [0.4, 0.5) is 0 Å². The Balaban J connectivity index is 1.79. The molecule has 0 aromatic carbocycles. The van der Waals surface area contributed by atoms with E-state index in [2.05, 4.69) is 9.88 Å². The summed E-state index contributed by atoms with van der Waals surface area (Å²) in [6, 6.07) is 0. The zero-order valence-corrected chi connectivity index (χ0v) is 10.2. The van der Waals surface area contributed by atoms with Crippen molar-refractivity contribution in [2.24, 2.45) is 13.0 Å². The van der Waals surface area contributed by atoms with Gasteiger partial charge in [0.15, 0.2) is 0 Å². The van der Waals surface area contributed by atoms with Crippen LogP contribution < -0.4 is 0 Å². The summed E-state index contributed by atoms with van der Waals surface area (Å²) in [5, 5.41) is 8.75. The number of imidazole rings is 1. The molecule has 1 aliphatic rings. The third-order valence-corrected chi connectivity index (χ3v) is 3.46. The lowest BCUT2D eigenvalue weighted by molar-refractivity contribution is -0.138. The lowest BCUT2D eigenvalue weighted by Gasteiger charge is -2.30. The van der Waals surface area contributed by atoms with Gasteiger partial charge in [0.25, 0.3) is 0 Å². The molecule has 2 heterocycles. The molecule has 1 saturated heterocycles. The highest BCUT2D eigenvalue weighted by atomic mass is 16.4. The van der Waals surface area contributed by atoms with Crippen LogP contribution in [0, 0.1) is 5.92 Å². The van der Waals surface area contributed by atoms with Crippen molar-refractivity contribution in [3.05, 3.63) is 18.2 Å². The van der Waals surface area contributed by atoms with Gasteiger partial charge in [0.05, 0.1) is 6.54 Å². The second-order valence-corrected chi connectivity index (χ2v) is 4.77. The van der Waals surface area contributed by atoms with Gasteiger partial charge in [-0.2, -0.15) is 0 Å². The maximum Gasteiger partial charge on any atom is 0.303 e. The molecule has 0 aliphatic carbocycles.